The molecule has 4 aromatic rings. The normalized spacial score (nSPS) is 11.3. The van der Waals surface area contributed by atoms with Crippen LogP contribution < -0.4 is 4.72 Å². The van der Waals surface area contributed by atoms with Crippen molar-refractivity contribution < 1.29 is 8.42 Å². The molecule has 0 aliphatic carbocycles. The molecule has 0 spiro atoms. The molecule has 2 heterocycles. The second-order valence-electron chi connectivity index (χ2n) is 5.92. The smallest absolute Gasteiger partial charge is 0.261 e. The van der Waals surface area contributed by atoms with Crippen LogP contribution in [0.2, 0.25) is 5.02 Å². The molecule has 0 unspecified atom stereocenters. The summed E-state index contributed by atoms with van der Waals surface area (Å²) < 4.78 is 27.7. The van der Waals surface area contributed by atoms with Crippen molar-refractivity contribution in [1.29, 1.82) is 0 Å². The van der Waals surface area contributed by atoms with E-state index in [-0.39, 0.29) is 4.90 Å². The van der Waals surface area contributed by atoms with E-state index in [0.717, 1.165) is 21.8 Å². The number of halogens is 1. The van der Waals surface area contributed by atoms with Gasteiger partial charge in [-0.3, -0.25) is 9.71 Å². The maximum Gasteiger partial charge on any atom is 0.261 e. The van der Waals surface area contributed by atoms with E-state index in [2.05, 4.69) is 14.7 Å². The van der Waals surface area contributed by atoms with Crippen LogP contribution in [0.3, 0.4) is 0 Å². The molecule has 0 radical (unpaired) electrons. The van der Waals surface area contributed by atoms with Crippen molar-refractivity contribution in [3.8, 4) is 21.8 Å². The third-order valence-electron chi connectivity index (χ3n) is 3.95. The van der Waals surface area contributed by atoms with Crippen LogP contribution >= 0.6 is 22.9 Å². The number of anilines is 1. The molecule has 0 amide bonds. The first-order valence-electron chi connectivity index (χ1n) is 8.26. The minimum absolute atomic E-state index is 0.148. The molecule has 0 saturated carbocycles. The first-order valence-corrected chi connectivity index (χ1v) is 11.0. The molecule has 0 aliphatic rings. The SMILES string of the molecule is O=S(=O)(Nc1cccc(-c2csc(-c3cccnc3)n2)c1)c1ccc(Cl)cc1. The van der Waals surface area contributed by atoms with Crippen molar-refractivity contribution in [3.05, 3.63) is 83.5 Å². The van der Waals surface area contributed by atoms with Crippen molar-refractivity contribution in [2.45, 2.75) is 4.90 Å². The number of benzene rings is 2. The van der Waals surface area contributed by atoms with Crippen molar-refractivity contribution in [2.75, 3.05) is 4.72 Å². The lowest BCUT2D eigenvalue weighted by Crippen LogP contribution is -2.12. The zero-order valence-electron chi connectivity index (χ0n) is 14.4. The summed E-state index contributed by atoms with van der Waals surface area (Å²) in [7, 11) is -3.70. The second kappa shape index (κ2) is 7.71. The maximum absolute atomic E-state index is 12.6. The Morgan fingerprint density at radius 1 is 0.964 bits per heavy atom. The Morgan fingerprint density at radius 3 is 2.50 bits per heavy atom. The van der Waals surface area contributed by atoms with E-state index in [1.807, 2.05) is 23.6 Å². The number of sulfonamides is 1. The molecule has 28 heavy (non-hydrogen) atoms. The Labute approximate surface area is 171 Å². The molecule has 0 fully saturated rings. The Bertz CT molecular complexity index is 1210. The minimum Gasteiger partial charge on any atom is -0.280 e. The zero-order valence-corrected chi connectivity index (χ0v) is 16.8. The van der Waals surface area contributed by atoms with Crippen LogP contribution in [0.5, 0.6) is 0 Å². The van der Waals surface area contributed by atoms with Gasteiger partial charge in [-0.05, 0) is 48.5 Å². The molecule has 1 N–H and O–H groups in total. The van der Waals surface area contributed by atoms with E-state index >= 15 is 0 Å². The van der Waals surface area contributed by atoms with Gasteiger partial charge in [0, 0.05) is 39.6 Å². The highest BCUT2D eigenvalue weighted by molar-refractivity contribution is 7.92. The molecule has 5 nitrogen and oxygen atoms in total. The summed E-state index contributed by atoms with van der Waals surface area (Å²) >= 11 is 7.34. The lowest BCUT2D eigenvalue weighted by atomic mass is 10.1. The number of rotatable bonds is 5. The van der Waals surface area contributed by atoms with Crippen molar-refractivity contribution >= 4 is 38.6 Å². The number of aromatic nitrogens is 2. The van der Waals surface area contributed by atoms with E-state index in [9.17, 15) is 8.42 Å². The van der Waals surface area contributed by atoms with Gasteiger partial charge in [-0.1, -0.05) is 23.7 Å². The molecule has 2 aromatic carbocycles. The van der Waals surface area contributed by atoms with E-state index in [0.29, 0.717) is 10.7 Å². The van der Waals surface area contributed by atoms with Gasteiger partial charge in [0.25, 0.3) is 10.0 Å². The fraction of sp³-hybridized carbons (Fsp3) is 0. The number of nitrogens with one attached hydrogen (secondary N) is 1. The molecule has 2 aromatic heterocycles. The minimum atomic E-state index is -3.70. The van der Waals surface area contributed by atoms with Crippen LogP contribution in [-0.4, -0.2) is 18.4 Å². The van der Waals surface area contributed by atoms with Crippen LogP contribution in [0.15, 0.2) is 83.3 Å². The van der Waals surface area contributed by atoms with Gasteiger partial charge in [0.15, 0.2) is 0 Å². The number of thiazole rings is 1. The monoisotopic (exact) mass is 427 g/mol. The van der Waals surface area contributed by atoms with E-state index in [4.69, 9.17) is 11.6 Å². The topological polar surface area (TPSA) is 72.0 Å². The van der Waals surface area contributed by atoms with Crippen LogP contribution in [0.4, 0.5) is 5.69 Å². The zero-order chi connectivity index (χ0) is 19.6. The third kappa shape index (κ3) is 4.06. The van der Waals surface area contributed by atoms with Gasteiger partial charge < -0.3 is 0 Å². The molecule has 0 bridgehead atoms. The summed E-state index contributed by atoms with van der Waals surface area (Å²) in [6.45, 7) is 0. The van der Waals surface area contributed by atoms with Gasteiger partial charge >= 0.3 is 0 Å². The van der Waals surface area contributed by atoms with E-state index in [1.165, 1.54) is 23.5 Å². The van der Waals surface area contributed by atoms with Gasteiger partial charge in [-0.15, -0.1) is 11.3 Å². The Hall–Kier alpha value is -2.74. The summed E-state index contributed by atoms with van der Waals surface area (Å²) in [5.41, 5.74) is 3.00. The average Bonchev–Trinajstić information content (AvgIpc) is 3.19. The second-order valence-corrected chi connectivity index (χ2v) is 8.90. The van der Waals surface area contributed by atoms with Crippen LogP contribution in [0, 0.1) is 0 Å². The highest BCUT2D eigenvalue weighted by Gasteiger charge is 2.15. The lowest BCUT2D eigenvalue weighted by molar-refractivity contribution is 0.601. The first kappa shape index (κ1) is 18.6. The van der Waals surface area contributed by atoms with Crippen LogP contribution in [0.25, 0.3) is 21.8 Å². The lowest BCUT2D eigenvalue weighted by Gasteiger charge is -2.09. The predicted molar refractivity (Wildman–Crippen MR) is 113 cm³/mol. The number of hydrogen-bond acceptors (Lipinski definition) is 5. The van der Waals surface area contributed by atoms with Crippen molar-refractivity contribution in [2.24, 2.45) is 0 Å². The molecule has 140 valence electrons. The summed E-state index contributed by atoms with van der Waals surface area (Å²) in [6.07, 6.45) is 3.48. The molecular formula is C20H14ClN3O2S2. The molecule has 8 heteroatoms. The fourth-order valence-electron chi connectivity index (χ4n) is 2.60. The molecule has 0 aliphatic heterocycles. The predicted octanol–water partition coefficient (Wildman–Crippen LogP) is 5.33. The number of nitrogens with zero attached hydrogens (tertiary/aromatic N) is 2. The van der Waals surface area contributed by atoms with Crippen molar-refractivity contribution in [1.82, 2.24) is 9.97 Å². The van der Waals surface area contributed by atoms with Crippen molar-refractivity contribution in [3.63, 3.8) is 0 Å². The molecular weight excluding hydrogens is 414 g/mol. The van der Waals surface area contributed by atoms with Gasteiger partial charge in [-0.25, -0.2) is 13.4 Å². The Balaban J connectivity index is 1.60. The summed E-state index contributed by atoms with van der Waals surface area (Å²) in [5, 5.41) is 3.28. The first-order chi connectivity index (χ1) is 13.5. The van der Waals surface area contributed by atoms with E-state index < -0.39 is 10.0 Å². The van der Waals surface area contributed by atoms with Gasteiger partial charge in [-0.2, -0.15) is 0 Å². The summed E-state index contributed by atoms with van der Waals surface area (Å²) in [5.74, 6) is 0. The van der Waals surface area contributed by atoms with Crippen LogP contribution in [0.1, 0.15) is 0 Å². The van der Waals surface area contributed by atoms with Gasteiger partial charge in [0.05, 0.1) is 10.6 Å². The van der Waals surface area contributed by atoms with Crippen LogP contribution in [-0.2, 0) is 10.0 Å². The molecule has 0 atom stereocenters. The largest absolute Gasteiger partial charge is 0.280 e. The maximum atomic E-state index is 12.6. The highest BCUT2D eigenvalue weighted by atomic mass is 35.5. The average molecular weight is 428 g/mol. The van der Waals surface area contributed by atoms with Gasteiger partial charge in [0.1, 0.15) is 5.01 Å². The van der Waals surface area contributed by atoms with Gasteiger partial charge in [0.2, 0.25) is 0 Å². The number of hydrogen-bond donors (Lipinski definition) is 1. The Morgan fingerprint density at radius 2 is 1.75 bits per heavy atom. The van der Waals surface area contributed by atoms with E-state index in [1.54, 1.807) is 42.7 Å². The molecule has 4 rings (SSSR count). The standard InChI is InChI=1S/C20H14ClN3O2S2/c21-16-6-8-18(9-7-16)28(25,26)24-17-5-1-3-14(11-17)19-13-27-20(23-19)15-4-2-10-22-12-15/h1-13,24H. The quantitative estimate of drug-likeness (QED) is 0.467. The highest BCUT2D eigenvalue weighted by Crippen LogP contribution is 2.30. The fourth-order valence-corrected chi connectivity index (χ4v) is 4.59. The number of pyridine rings is 1. The summed E-state index contributed by atoms with van der Waals surface area (Å²) in [6, 6.07) is 17.0. The molecule has 0 saturated heterocycles. The summed E-state index contributed by atoms with van der Waals surface area (Å²) in [4.78, 5) is 8.90. The Kier molecular flexibility index (Phi) is 5.13. The third-order valence-corrected chi connectivity index (χ3v) is 6.49.